The van der Waals surface area contributed by atoms with Crippen LogP contribution >= 0.6 is 0 Å². The largest absolute Gasteiger partial charge is 0.440 e. The van der Waals surface area contributed by atoms with Gasteiger partial charge in [-0.3, -0.25) is 0 Å². The molecular formula is C16H25NO3. The maximum atomic E-state index is 12.4. The second-order valence-electron chi connectivity index (χ2n) is 7.29. The zero-order valence-corrected chi connectivity index (χ0v) is 12.3. The molecule has 1 aliphatic carbocycles. The predicted octanol–water partition coefficient (Wildman–Crippen LogP) is 2.96. The van der Waals surface area contributed by atoms with Gasteiger partial charge in [0.1, 0.15) is 11.7 Å². The van der Waals surface area contributed by atoms with E-state index >= 15 is 0 Å². The van der Waals surface area contributed by atoms with Gasteiger partial charge in [0, 0.05) is 19.5 Å². The Kier molecular flexibility index (Phi) is 2.99. The molecule has 0 aromatic carbocycles. The quantitative estimate of drug-likeness (QED) is 0.740. The smallest absolute Gasteiger partial charge is 0.410 e. The number of hydrogen-bond donors (Lipinski definition) is 0. The van der Waals surface area contributed by atoms with Gasteiger partial charge in [0.2, 0.25) is 0 Å². The zero-order chi connectivity index (χ0) is 13.7. The number of nitrogens with zero attached hydrogens (tertiary/aromatic N) is 1. The Balaban J connectivity index is 1.44. The first-order valence-electron chi connectivity index (χ1n) is 8.31. The molecule has 3 aliphatic heterocycles. The molecule has 0 radical (unpaired) electrons. The van der Waals surface area contributed by atoms with Crippen molar-refractivity contribution >= 4 is 6.09 Å². The van der Waals surface area contributed by atoms with E-state index in [4.69, 9.17) is 9.47 Å². The summed E-state index contributed by atoms with van der Waals surface area (Å²) in [7, 11) is 0. The fourth-order valence-electron chi connectivity index (χ4n) is 5.00. The highest BCUT2D eigenvalue weighted by Gasteiger charge is 2.62. The molecule has 1 amide bonds. The SMILES string of the molecule is CC1(OC(=O)N2CCCCC2)CC2OC1C1CCCC21. The molecule has 0 spiro atoms. The van der Waals surface area contributed by atoms with Crippen LogP contribution in [-0.2, 0) is 9.47 Å². The summed E-state index contributed by atoms with van der Waals surface area (Å²) in [6, 6.07) is 0. The zero-order valence-electron chi connectivity index (χ0n) is 12.3. The van der Waals surface area contributed by atoms with Gasteiger partial charge in [-0.1, -0.05) is 6.42 Å². The molecule has 4 fully saturated rings. The standard InChI is InChI=1S/C16H25NO3/c1-16(20-15(18)17-8-3-2-4-9-17)10-13-11-6-5-7-12(11)14(16)19-13/h11-14H,2-10H2,1H3. The number of likely N-dealkylation sites (tertiary alicyclic amines) is 1. The van der Waals surface area contributed by atoms with Gasteiger partial charge in [0.05, 0.1) is 6.10 Å². The first-order valence-corrected chi connectivity index (χ1v) is 8.31. The van der Waals surface area contributed by atoms with Gasteiger partial charge in [0.15, 0.2) is 0 Å². The maximum absolute atomic E-state index is 12.4. The van der Waals surface area contributed by atoms with Crippen LogP contribution in [0.15, 0.2) is 0 Å². The van der Waals surface area contributed by atoms with Crippen molar-refractivity contribution < 1.29 is 14.3 Å². The van der Waals surface area contributed by atoms with Crippen LogP contribution in [0.3, 0.4) is 0 Å². The van der Waals surface area contributed by atoms with Gasteiger partial charge in [-0.15, -0.1) is 0 Å². The van der Waals surface area contributed by atoms with Crippen LogP contribution in [0.1, 0.15) is 51.9 Å². The summed E-state index contributed by atoms with van der Waals surface area (Å²) < 4.78 is 12.1. The molecule has 112 valence electrons. The molecule has 3 heterocycles. The normalized spacial score (nSPS) is 46.5. The van der Waals surface area contributed by atoms with Crippen LogP contribution < -0.4 is 0 Å². The van der Waals surface area contributed by atoms with Gasteiger partial charge >= 0.3 is 6.09 Å². The molecule has 20 heavy (non-hydrogen) atoms. The van der Waals surface area contributed by atoms with E-state index < -0.39 is 0 Å². The minimum atomic E-state index is -0.384. The number of amides is 1. The Morgan fingerprint density at radius 1 is 1.15 bits per heavy atom. The Hall–Kier alpha value is -0.770. The van der Waals surface area contributed by atoms with Crippen molar-refractivity contribution in [2.45, 2.75) is 69.7 Å². The van der Waals surface area contributed by atoms with Crippen LogP contribution in [0.4, 0.5) is 4.79 Å². The maximum Gasteiger partial charge on any atom is 0.410 e. The first kappa shape index (κ1) is 12.9. The van der Waals surface area contributed by atoms with Crippen molar-refractivity contribution in [1.29, 1.82) is 0 Å². The van der Waals surface area contributed by atoms with Crippen molar-refractivity contribution in [2.24, 2.45) is 11.8 Å². The topological polar surface area (TPSA) is 38.8 Å². The number of rotatable bonds is 1. The number of carbonyl (C=O) groups is 1. The lowest BCUT2D eigenvalue weighted by molar-refractivity contribution is -0.0601. The van der Waals surface area contributed by atoms with E-state index in [1.165, 1.54) is 25.7 Å². The Bertz CT molecular complexity index is 407. The minimum absolute atomic E-state index is 0.113. The molecule has 4 heteroatoms. The Morgan fingerprint density at radius 3 is 2.70 bits per heavy atom. The highest BCUT2D eigenvalue weighted by molar-refractivity contribution is 5.68. The lowest BCUT2D eigenvalue weighted by atomic mass is 9.74. The van der Waals surface area contributed by atoms with Crippen molar-refractivity contribution in [3.05, 3.63) is 0 Å². The molecule has 0 N–H and O–H groups in total. The number of hydrogen-bond acceptors (Lipinski definition) is 3. The minimum Gasteiger partial charge on any atom is -0.440 e. The molecular weight excluding hydrogens is 254 g/mol. The van der Waals surface area contributed by atoms with Crippen molar-refractivity contribution in [1.82, 2.24) is 4.90 Å². The van der Waals surface area contributed by atoms with Crippen LogP contribution in [0.2, 0.25) is 0 Å². The molecule has 4 aliphatic rings. The summed E-state index contributed by atoms with van der Waals surface area (Å²) in [4.78, 5) is 14.3. The van der Waals surface area contributed by atoms with E-state index in [2.05, 4.69) is 6.92 Å². The third kappa shape index (κ3) is 1.87. The van der Waals surface area contributed by atoms with Crippen LogP contribution in [0.25, 0.3) is 0 Å². The second-order valence-corrected chi connectivity index (χ2v) is 7.29. The molecule has 4 nitrogen and oxygen atoms in total. The van der Waals surface area contributed by atoms with Gasteiger partial charge in [0.25, 0.3) is 0 Å². The van der Waals surface area contributed by atoms with E-state index in [1.54, 1.807) is 0 Å². The highest BCUT2D eigenvalue weighted by atomic mass is 16.6. The monoisotopic (exact) mass is 279 g/mol. The van der Waals surface area contributed by atoms with Gasteiger partial charge in [-0.05, 0) is 50.9 Å². The summed E-state index contributed by atoms with van der Waals surface area (Å²) in [6.45, 7) is 3.81. The van der Waals surface area contributed by atoms with E-state index in [-0.39, 0.29) is 17.8 Å². The third-order valence-corrected chi connectivity index (χ3v) is 5.96. The van der Waals surface area contributed by atoms with Crippen molar-refractivity contribution in [3.63, 3.8) is 0 Å². The van der Waals surface area contributed by atoms with Gasteiger partial charge in [-0.2, -0.15) is 0 Å². The summed E-state index contributed by atoms with van der Waals surface area (Å²) in [5.74, 6) is 1.37. The van der Waals surface area contributed by atoms with Crippen molar-refractivity contribution in [3.8, 4) is 0 Å². The molecule has 0 aromatic rings. The van der Waals surface area contributed by atoms with E-state index in [1.807, 2.05) is 4.90 Å². The molecule has 5 unspecified atom stereocenters. The molecule has 5 atom stereocenters. The first-order chi connectivity index (χ1) is 9.67. The lowest BCUT2D eigenvalue weighted by Crippen LogP contribution is -2.50. The Morgan fingerprint density at radius 2 is 1.90 bits per heavy atom. The second kappa shape index (κ2) is 4.62. The molecule has 1 saturated carbocycles. The number of ether oxygens (including phenoxy) is 2. The van der Waals surface area contributed by atoms with E-state index in [0.717, 1.165) is 38.3 Å². The summed E-state index contributed by atoms with van der Waals surface area (Å²) in [5, 5.41) is 0. The molecule has 2 bridgehead atoms. The molecule has 4 rings (SSSR count). The average Bonchev–Trinajstić information content (AvgIpc) is 3.10. The summed E-state index contributed by atoms with van der Waals surface area (Å²) in [6.07, 6.45) is 8.61. The molecule has 0 aromatic heterocycles. The highest BCUT2D eigenvalue weighted by Crippen LogP contribution is 2.56. The third-order valence-electron chi connectivity index (χ3n) is 5.96. The average molecular weight is 279 g/mol. The van der Waals surface area contributed by atoms with Crippen LogP contribution in [0, 0.1) is 11.8 Å². The molecule has 3 saturated heterocycles. The fourth-order valence-corrected chi connectivity index (χ4v) is 5.00. The summed E-state index contributed by atoms with van der Waals surface area (Å²) >= 11 is 0. The predicted molar refractivity (Wildman–Crippen MR) is 74.4 cm³/mol. The lowest BCUT2D eigenvalue weighted by Gasteiger charge is -2.38. The van der Waals surface area contributed by atoms with Crippen LogP contribution in [-0.4, -0.2) is 41.9 Å². The fraction of sp³-hybridized carbons (Fsp3) is 0.938. The number of fused-ring (bicyclic) bond motifs is 5. The van der Waals surface area contributed by atoms with E-state index in [0.29, 0.717) is 12.0 Å². The van der Waals surface area contributed by atoms with Crippen molar-refractivity contribution in [2.75, 3.05) is 13.1 Å². The van der Waals surface area contributed by atoms with Gasteiger partial charge < -0.3 is 14.4 Å². The Labute approximate surface area is 120 Å². The number of piperidine rings is 1. The van der Waals surface area contributed by atoms with Gasteiger partial charge in [-0.25, -0.2) is 4.79 Å². The summed E-state index contributed by atoms with van der Waals surface area (Å²) in [5.41, 5.74) is -0.384. The van der Waals surface area contributed by atoms with E-state index in [9.17, 15) is 4.79 Å². The van der Waals surface area contributed by atoms with Crippen LogP contribution in [0.5, 0.6) is 0 Å². The number of carbonyl (C=O) groups excluding carboxylic acids is 1.